The molecule has 156 valence electrons. The molecule has 1 saturated carbocycles. The van der Waals surface area contributed by atoms with Gasteiger partial charge in [0.15, 0.2) is 6.19 Å². The third-order valence-electron chi connectivity index (χ3n) is 5.62. The van der Waals surface area contributed by atoms with Gasteiger partial charge in [-0.05, 0) is 37.3 Å². The molecular formula is C22H25N5O3. The molecule has 30 heavy (non-hydrogen) atoms. The zero-order chi connectivity index (χ0) is 21.4. The van der Waals surface area contributed by atoms with Gasteiger partial charge >= 0.3 is 5.63 Å². The highest BCUT2D eigenvalue weighted by molar-refractivity contribution is 5.93. The Hall–Kier alpha value is -3.60. The van der Waals surface area contributed by atoms with Crippen molar-refractivity contribution < 1.29 is 9.21 Å². The highest BCUT2D eigenvalue weighted by atomic mass is 16.4. The number of hydrogen-bond donors (Lipinski definition) is 3. The topological polar surface area (TPSA) is 120 Å². The molecule has 0 saturated heterocycles. The lowest BCUT2D eigenvalue weighted by Gasteiger charge is -2.41. The first-order chi connectivity index (χ1) is 14.6. The molecule has 8 heteroatoms. The van der Waals surface area contributed by atoms with Crippen molar-refractivity contribution >= 4 is 11.9 Å². The maximum atomic E-state index is 12.6. The Bertz CT molecular complexity index is 965. The second kappa shape index (κ2) is 9.74. The van der Waals surface area contributed by atoms with Gasteiger partial charge in [0.25, 0.3) is 5.91 Å². The number of carbonyl (C=O) groups is 1. The van der Waals surface area contributed by atoms with Crippen LogP contribution >= 0.6 is 0 Å². The van der Waals surface area contributed by atoms with E-state index >= 15 is 0 Å². The van der Waals surface area contributed by atoms with Crippen LogP contribution in [-0.2, 0) is 5.41 Å². The van der Waals surface area contributed by atoms with E-state index in [9.17, 15) is 9.59 Å². The van der Waals surface area contributed by atoms with Crippen LogP contribution in [0.2, 0.25) is 0 Å². The maximum Gasteiger partial charge on any atom is 0.335 e. The lowest BCUT2D eigenvalue weighted by Crippen LogP contribution is -2.49. The summed E-state index contributed by atoms with van der Waals surface area (Å²) >= 11 is 0. The van der Waals surface area contributed by atoms with E-state index in [4.69, 9.17) is 9.68 Å². The zero-order valence-corrected chi connectivity index (χ0v) is 16.9. The standard InChI is InChI=1S/C22H25N5O3/c1-24-21(26-15-23)27-18-9-11-22(12-10-18,17-5-3-2-4-6-17)14-25-20(29)16-7-8-19(28)30-13-16/h2-8,13,18H,9-12,14H2,1H3,(H,25,29)(H2,24,26,27). The summed E-state index contributed by atoms with van der Waals surface area (Å²) in [7, 11) is 1.63. The Morgan fingerprint density at radius 3 is 2.57 bits per heavy atom. The third kappa shape index (κ3) is 5.06. The minimum Gasteiger partial charge on any atom is -0.430 e. The Balaban J connectivity index is 1.71. The van der Waals surface area contributed by atoms with E-state index in [1.807, 2.05) is 24.4 Å². The van der Waals surface area contributed by atoms with Crippen molar-refractivity contribution in [2.24, 2.45) is 4.99 Å². The molecule has 1 fully saturated rings. The largest absolute Gasteiger partial charge is 0.430 e. The van der Waals surface area contributed by atoms with E-state index in [0.29, 0.717) is 18.1 Å². The fourth-order valence-corrected chi connectivity index (χ4v) is 3.92. The summed E-state index contributed by atoms with van der Waals surface area (Å²) in [5.74, 6) is 0.196. The molecule has 3 N–H and O–H groups in total. The van der Waals surface area contributed by atoms with Crippen LogP contribution in [0, 0.1) is 11.5 Å². The van der Waals surface area contributed by atoms with Crippen molar-refractivity contribution in [1.29, 1.82) is 5.26 Å². The number of guanidine groups is 1. The summed E-state index contributed by atoms with van der Waals surface area (Å²) in [5.41, 5.74) is 0.818. The normalized spacial score (nSPS) is 21.3. The second-order valence-corrected chi connectivity index (χ2v) is 7.40. The number of hydrogen-bond acceptors (Lipinski definition) is 5. The fourth-order valence-electron chi connectivity index (χ4n) is 3.92. The SMILES string of the molecule is CN=C(NC#N)NC1CCC(CNC(=O)c2ccc(=O)oc2)(c2ccccc2)CC1. The van der Waals surface area contributed by atoms with Gasteiger partial charge in [0.1, 0.15) is 6.26 Å². The summed E-state index contributed by atoms with van der Waals surface area (Å²) < 4.78 is 4.80. The molecule has 0 atom stereocenters. The fraction of sp³-hybridized carbons (Fsp3) is 0.364. The van der Waals surface area contributed by atoms with Crippen LogP contribution in [0.15, 0.2) is 62.9 Å². The number of aliphatic imine (C=N–C) groups is 1. The number of benzene rings is 1. The Morgan fingerprint density at radius 2 is 1.97 bits per heavy atom. The minimum atomic E-state index is -0.487. The van der Waals surface area contributed by atoms with Crippen molar-refractivity contribution in [3.8, 4) is 6.19 Å². The van der Waals surface area contributed by atoms with Gasteiger partial charge in [-0.1, -0.05) is 30.3 Å². The zero-order valence-electron chi connectivity index (χ0n) is 16.9. The molecule has 0 unspecified atom stereocenters. The molecule has 0 bridgehead atoms. The first-order valence-electron chi connectivity index (χ1n) is 9.87. The van der Waals surface area contributed by atoms with Crippen LogP contribution in [0.3, 0.4) is 0 Å². The molecule has 8 nitrogen and oxygen atoms in total. The third-order valence-corrected chi connectivity index (χ3v) is 5.62. The molecular weight excluding hydrogens is 382 g/mol. The van der Waals surface area contributed by atoms with Crippen molar-refractivity contribution in [2.45, 2.75) is 37.1 Å². The van der Waals surface area contributed by atoms with E-state index in [1.165, 1.54) is 24.0 Å². The number of nitriles is 1. The van der Waals surface area contributed by atoms with Crippen LogP contribution in [0.5, 0.6) is 0 Å². The van der Waals surface area contributed by atoms with Gasteiger partial charge in [-0.3, -0.25) is 15.1 Å². The first-order valence-corrected chi connectivity index (χ1v) is 9.87. The van der Waals surface area contributed by atoms with Crippen LogP contribution in [0.4, 0.5) is 0 Å². The summed E-state index contributed by atoms with van der Waals surface area (Å²) in [4.78, 5) is 27.7. The first kappa shape index (κ1) is 21.1. The van der Waals surface area contributed by atoms with Gasteiger partial charge in [-0.15, -0.1) is 0 Å². The van der Waals surface area contributed by atoms with Crippen LogP contribution in [-0.4, -0.2) is 31.5 Å². The number of rotatable bonds is 5. The predicted octanol–water partition coefficient (Wildman–Crippen LogP) is 1.90. The van der Waals surface area contributed by atoms with Crippen molar-refractivity contribution in [3.63, 3.8) is 0 Å². The smallest absolute Gasteiger partial charge is 0.335 e. The Labute approximate surface area is 175 Å². The molecule has 1 aliphatic carbocycles. The van der Waals surface area contributed by atoms with Crippen LogP contribution in [0.25, 0.3) is 0 Å². The van der Waals surface area contributed by atoms with E-state index in [2.05, 4.69) is 33.1 Å². The molecule has 1 aliphatic rings. The summed E-state index contributed by atoms with van der Waals surface area (Å²) in [6.45, 7) is 0.479. The second-order valence-electron chi connectivity index (χ2n) is 7.40. The predicted molar refractivity (Wildman–Crippen MR) is 113 cm³/mol. The molecule has 1 heterocycles. The van der Waals surface area contributed by atoms with Gasteiger partial charge in [0.2, 0.25) is 5.96 Å². The minimum absolute atomic E-state index is 0.195. The molecule has 0 aliphatic heterocycles. The number of carbonyl (C=O) groups excluding carboxylic acids is 1. The number of nitrogens with zero attached hydrogens (tertiary/aromatic N) is 2. The lowest BCUT2D eigenvalue weighted by molar-refractivity contribution is 0.0932. The molecule has 3 rings (SSSR count). The van der Waals surface area contributed by atoms with Gasteiger partial charge in [0.05, 0.1) is 5.56 Å². The average molecular weight is 407 g/mol. The molecule has 1 aromatic carbocycles. The van der Waals surface area contributed by atoms with E-state index in [-0.39, 0.29) is 17.4 Å². The molecule has 2 aromatic rings. The Kier molecular flexibility index (Phi) is 6.86. The van der Waals surface area contributed by atoms with Gasteiger partial charge in [0, 0.05) is 31.1 Å². The summed E-state index contributed by atoms with van der Waals surface area (Å²) in [5, 5.41) is 17.7. The lowest BCUT2D eigenvalue weighted by atomic mass is 9.68. The summed E-state index contributed by atoms with van der Waals surface area (Å²) in [6, 6.07) is 13.1. The molecule has 0 spiro atoms. The van der Waals surface area contributed by atoms with E-state index < -0.39 is 5.63 Å². The van der Waals surface area contributed by atoms with Gasteiger partial charge in [-0.25, -0.2) is 4.79 Å². The summed E-state index contributed by atoms with van der Waals surface area (Å²) in [6.07, 6.45) is 6.54. The number of nitrogens with one attached hydrogen (secondary N) is 3. The van der Waals surface area contributed by atoms with Crippen LogP contribution < -0.4 is 21.6 Å². The molecule has 0 radical (unpaired) electrons. The van der Waals surface area contributed by atoms with Gasteiger partial charge < -0.3 is 15.1 Å². The maximum absolute atomic E-state index is 12.6. The molecule has 1 amide bonds. The average Bonchev–Trinajstić information content (AvgIpc) is 2.79. The van der Waals surface area contributed by atoms with Crippen molar-refractivity contribution in [1.82, 2.24) is 16.0 Å². The van der Waals surface area contributed by atoms with Crippen molar-refractivity contribution in [2.75, 3.05) is 13.6 Å². The Morgan fingerprint density at radius 1 is 1.23 bits per heavy atom. The van der Waals surface area contributed by atoms with Gasteiger partial charge in [-0.2, -0.15) is 5.26 Å². The number of amides is 1. The monoisotopic (exact) mass is 407 g/mol. The highest BCUT2D eigenvalue weighted by Gasteiger charge is 2.37. The molecule has 1 aromatic heterocycles. The van der Waals surface area contributed by atoms with E-state index in [1.54, 1.807) is 7.05 Å². The van der Waals surface area contributed by atoms with Crippen molar-refractivity contribution in [3.05, 3.63) is 70.3 Å². The quantitative estimate of drug-likeness (QED) is 0.301. The van der Waals surface area contributed by atoms with Crippen LogP contribution in [0.1, 0.15) is 41.6 Å². The highest BCUT2D eigenvalue weighted by Crippen LogP contribution is 2.39. The van der Waals surface area contributed by atoms with E-state index in [0.717, 1.165) is 25.7 Å².